The number of likely N-dealkylation sites (tertiary alicyclic amines) is 1. The van der Waals surface area contributed by atoms with Crippen molar-refractivity contribution in [3.63, 3.8) is 0 Å². The highest BCUT2D eigenvalue weighted by Gasteiger charge is 2.26. The molecule has 0 aromatic heterocycles. The molecule has 6 nitrogen and oxygen atoms in total. The van der Waals surface area contributed by atoms with E-state index in [1.54, 1.807) is 11.1 Å². The molecule has 1 fully saturated rings. The van der Waals surface area contributed by atoms with Crippen LogP contribution in [0.15, 0.2) is 42.1 Å². The van der Waals surface area contributed by atoms with Gasteiger partial charge < -0.3 is 9.64 Å². The van der Waals surface area contributed by atoms with Crippen LogP contribution in [0, 0.1) is 11.3 Å². The molecule has 0 bridgehead atoms. The SMILES string of the molecule is CCOC(=O)N1CCC(/C(=C/NOCc2ccccc2)C(=N)I)CC1. The Labute approximate surface area is 162 Å². The fraction of sp³-hybridized carbons (Fsp3) is 0.444. The summed E-state index contributed by atoms with van der Waals surface area (Å²) in [5.41, 5.74) is 4.85. The molecule has 0 unspecified atom stereocenters. The maximum Gasteiger partial charge on any atom is 0.409 e. The van der Waals surface area contributed by atoms with Gasteiger partial charge in [-0.1, -0.05) is 30.3 Å². The predicted octanol–water partition coefficient (Wildman–Crippen LogP) is 3.87. The van der Waals surface area contributed by atoms with Crippen molar-refractivity contribution < 1.29 is 14.4 Å². The van der Waals surface area contributed by atoms with E-state index < -0.39 is 0 Å². The molecular weight excluding hydrogens is 433 g/mol. The number of rotatable bonds is 7. The largest absolute Gasteiger partial charge is 0.450 e. The Bertz CT molecular complexity index is 599. The molecule has 1 aromatic carbocycles. The van der Waals surface area contributed by atoms with Crippen molar-refractivity contribution in [3.8, 4) is 0 Å². The number of piperidine rings is 1. The van der Waals surface area contributed by atoms with E-state index in [1.807, 2.05) is 59.8 Å². The van der Waals surface area contributed by atoms with Gasteiger partial charge in [-0.05, 0) is 53.8 Å². The van der Waals surface area contributed by atoms with Gasteiger partial charge in [-0.2, -0.15) is 0 Å². The summed E-state index contributed by atoms with van der Waals surface area (Å²) in [4.78, 5) is 19.0. The quantitative estimate of drug-likeness (QED) is 0.282. The third-order valence-corrected chi connectivity index (χ3v) is 4.72. The molecule has 0 atom stereocenters. The number of benzene rings is 1. The molecule has 1 aliphatic heterocycles. The van der Waals surface area contributed by atoms with Crippen molar-refractivity contribution in [1.82, 2.24) is 10.4 Å². The van der Waals surface area contributed by atoms with Gasteiger partial charge in [-0.15, -0.1) is 0 Å². The smallest absolute Gasteiger partial charge is 0.409 e. The van der Waals surface area contributed by atoms with E-state index in [4.69, 9.17) is 15.0 Å². The molecule has 0 radical (unpaired) electrons. The molecule has 1 aromatic rings. The number of amides is 1. The monoisotopic (exact) mass is 457 g/mol. The number of carbonyl (C=O) groups excluding carboxylic acids is 1. The van der Waals surface area contributed by atoms with Crippen LogP contribution in [-0.2, 0) is 16.2 Å². The summed E-state index contributed by atoms with van der Waals surface area (Å²) in [6.45, 7) is 3.96. The minimum absolute atomic E-state index is 0.239. The molecule has 0 spiro atoms. The number of hydrogen-bond acceptors (Lipinski definition) is 5. The lowest BCUT2D eigenvalue weighted by Crippen LogP contribution is -2.39. The summed E-state index contributed by atoms with van der Waals surface area (Å²) in [5.74, 6) is 0.239. The number of ether oxygens (including phenoxy) is 1. The Kier molecular flexibility index (Phi) is 8.20. The Morgan fingerprint density at radius 2 is 2.04 bits per heavy atom. The standard InChI is InChI=1S/C18H24IN3O3/c1-2-24-18(23)22-10-8-15(9-11-22)16(17(19)20)12-21-25-13-14-6-4-3-5-7-14/h3-7,12,15,20-21H,2,8-11,13H2,1H3/b16-12-,20-17?. The maximum absolute atomic E-state index is 11.8. The number of nitrogens with one attached hydrogen (secondary N) is 2. The van der Waals surface area contributed by atoms with Crippen LogP contribution in [0.5, 0.6) is 0 Å². The number of hydrogen-bond donors (Lipinski definition) is 2. The van der Waals surface area contributed by atoms with Crippen LogP contribution in [0.2, 0.25) is 0 Å². The second kappa shape index (κ2) is 10.4. The molecule has 136 valence electrons. The van der Waals surface area contributed by atoms with Crippen LogP contribution < -0.4 is 5.48 Å². The summed E-state index contributed by atoms with van der Waals surface area (Å²) < 4.78 is 5.53. The lowest BCUT2D eigenvalue weighted by molar-refractivity contribution is 0.0565. The lowest BCUT2D eigenvalue weighted by atomic mass is 9.90. The van der Waals surface area contributed by atoms with Crippen LogP contribution in [-0.4, -0.2) is 34.4 Å². The molecule has 2 N–H and O–H groups in total. The van der Waals surface area contributed by atoms with Crippen molar-refractivity contribution >= 4 is 32.4 Å². The third kappa shape index (κ3) is 6.32. The molecule has 1 saturated heterocycles. The average Bonchev–Trinajstić information content (AvgIpc) is 2.63. The van der Waals surface area contributed by atoms with Gasteiger partial charge >= 0.3 is 6.09 Å². The second-order valence-corrected chi connectivity index (χ2v) is 6.84. The summed E-state index contributed by atoms with van der Waals surface area (Å²) in [6.07, 6.45) is 3.15. The van der Waals surface area contributed by atoms with Crippen molar-refractivity contribution in [3.05, 3.63) is 47.7 Å². The molecule has 0 aliphatic carbocycles. The molecule has 1 heterocycles. The highest BCUT2D eigenvalue weighted by Crippen LogP contribution is 2.27. The zero-order valence-electron chi connectivity index (χ0n) is 14.3. The number of halogens is 1. The normalized spacial score (nSPS) is 15.8. The third-order valence-electron chi connectivity index (χ3n) is 4.09. The van der Waals surface area contributed by atoms with Crippen molar-refractivity contribution in [1.29, 1.82) is 5.41 Å². The molecule has 25 heavy (non-hydrogen) atoms. The molecule has 1 aliphatic rings. The summed E-state index contributed by atoms with van der Waals surface area (Å²) in [7, 11) is 0. The van der Waals surface area contributed by atoms with Crippen molar-refractivity contribution in [2.75, 3.05) is 19.7 Å². The van der Waals surface area contributed by atoms with Crippen LogP contribution in [0.25, 0.3) is 0 Å². The first-order chi connectivity index (χ1) is 12.1. The molecule has 0 saturated carbocycles. The van der Waals surface area contributed by atoms with E-state index in [9.17, 15) is 4.79 Å². The van der Waals surface area contributed by atoms with E-state index >= 15 is 0 Å². The summed E-state index contributed by atoms with van der Waals surface area (Å²) in [5, 5.41) is 8.01. The maximum atomic E-state index is 11.8. The zero-order valence-corrected chi connectivity index (χ0v) is 16.5. The summed E-state index contributed by atoms with van der Waals surface area (Å²) in [6, 6.07) is 9.90. The number of nitrogens with zero attached hydrogens (tertiary/aromatic N) is 1. The minimum Gasteiger partial charge on any atom is -0.450 e. The fourth-order valence-electron chi connectivity index (χ4n) is 2.75. The number of hydroxylamine groups is 1. The van der Waals surface area contributed by atoms with E-state index in [0.29, 0.717) is 30.0 Å². The second-order valence-electron chi connectivity index (χ2n) is 5.77. The first kappa shape index (κ1) is 19.7. The van der Waals surface area contributed by atoms with E-state index in [0.717, 1.165) is 24.0 Å². The minimum atomic E-state index is -0.250. The van der Waals surface area contributed by atoms with E-state index in [1.165, 1.54) is 0 Å². The molecule has 1 amide bonds. The Morgan fingerprint density at radius 1 is 1.36 bits per heavy atom. The van der Waals surface area contributed by atoms with Crippen LogP contribution in [0.1, 0.15) is 25.3 Å². The van der Waals surface area contributed by atoms with Gasteiger partial charge in [0.15, 0.2) is 0 Å². The first-order valence-electron chi connectivity index (χ1n) is 8.39. The first-order valence-corrected chi connectivity index (χ1v) is 9.47. The van der Waals surface area contributed by atoms with Crippen LogP contribution in [0.4, 0.5) is 4.79 Å². The molecule has 7 heteroatoms. The van der Waals surface area contributed by atoms with Crippen LogP contribution in [0.3, 0.4) is 0 Å². The number of carbonyl (C=O) groups is 1. The topological polar surface area (TPSA) is 74.7 Å². The number of allylic oxidation sites excluding steroid dienone is 1. The Morgan fingerprint density at radius 3 is 2.64 bits per heavy atom. The van der Waals surface area contributed by atoms with Crippen molar-refractivity contribution in [2.45, 2.75) is 26.4 Å². The van der Waals surface area contributed by atoms with E-state index in [-0.39, 0.29) is 12.0 Å². The Hall–Kier alpha value is -1.61. The van der Waals surface area contributed by atoms with Crippen molar-refractivity contribution in [2.24, 2.45) is 5.92 Å². The van der Waals surface area contributed by atoms with Gasteiger partial charge in [0, 0.05) is 24.9 Å². The van der Waals surface area contributed by atoms with Gasteiger partial charge in [0.2, 0.25) is 0 Å². The fourth-order valence-corrected chi connectivity index (χ4v) is 3.35. The molecular formula is C18H24IN3O3. The van der Waals surface area contributed by atoms with Gasteiger partial charge in [0.1, 0.15) is 0 Å². The summed E-state index contributed by atoms with van der Waals surface area (Å²) >= 11 is 2.02. The van der Waals surface area contributed by atoms with E-state index in [2.05, 4.69) is 5.48 Å². The highest BCUT2D eigenvalue weighted by atomic mass is 127. The van der Waals surface area contributed by atoms with Gasteiger partial charge in [0.25, 0.3) is 0 Å². The Balaban J connectivity index is 1.84. The molecule has 2 rings (SSSR count). The zero-order chi connectivity index (χ0) is 18.1. The van der Waals surface area contributed by atoms with Crippen LogP contribution >= 0.6 is 22.6 Å². The van der Waals surface area contributed by atoms with Gasteiger partial charge in [-0.3, -0.25) is 15.7 Å². The lowest BCUT2D eigenvalue weighted by Gasteiger charge is -2.32. The highest BCUT2D eigenvalue weighted by molar-refractivity contribution is 14.1. The average molecular weight is 457 g/mol. The predicted molar refractivity (Wildman–Crippen MR) is 106 cm³/mol. The van der Waals surface area contributed by atoms with Gasteiger partial charge in [0.05, 0.1) is 16.9 Å². The van der Waals surface area contributed by atoms with Gasteiger partial charge in [-0.25, -0.2) is 4.79 Å².